The summed E-state index contributed by atoms with van der Waals surface area (Å²) in [7, 11) is 0. The van der Waals surface area contributed by atoms with Gasteiger partial charge in [-0.2, -0.15) is 0 Å². The molecule has 0 radical (unpaired) electrons. The Morgan fingerprint density at radius 2 is 1.96 bits per heavy atom. The summed E-state index contributed by atoms with van der Waals surface area (Å²) in [6, 6.07) is 5.29. The first-order chi connectivity index (χ1) is 10.7. The van der Waals surface area contributed by atoms with E-state index >= 15 is 0 Å². The molecule has 0 unspecified atom stereocenters. The predicted molar refractivity (Wildman–Crippen MR) is 93.3 cm³/mol. The van der Waals surface area contributed by atoms with Crippen molar-refractivity contribution in [3.63, 3.8) is 0 Å². The van der Waals surface area contributed by atoms with Crippen LogP contribution in [0.5, 0.6) is 0 Å². The molecule has 0 N–H and O–H groups in total. The molecule has 0 heterocycles. The smallest absolute Gasteiger partial charge is 0.338 e. The Balaban J connectivity index is 2.60. The van der Waals surface area contributed by atoms with E-state index in [1.54, 1.807) is 19.1 Å². The van der Waals surface area contributed by atoms with Gasteiger partial charge < -0.3 is 4.74 Å². The van der Waals surface area contributed by atoms with E-state index in [1.807, 2.05) is 19.2 Å². The van der Waals surface area contributed by atoms with Crippen LogP contribution in [0.2, 0.25) is 0 Å². The molecule has 4 nitrogen and oxygen atoms in total. The first kappa shape index (κ1) is 19.1. The largest absolute Gasteiger partial charge is 0.462 e. The van der Waals surface area contributed by atoms with E-state index in [0.717, 1.165) is 17.5 Å². The van der Waals surface area contributed by atoms with Gasteiger partial charge in [0.25, 0.3) is 0 Å². The number of carbonyl (C=O) groups excluding carboxylic acids is 2. The topological polar surface area (TPSA) is 55.7 Å². The average molecular weight is 317 g/mol. The Morgan fingerprint density at radius 1 is 1.26 bits per heavy atom. The third-order valence-electron chi connectivity index (χ3n) is 3.34. The SMILES string of the molecule is CCOC(=O)c1ccc(CC(=O)CN=CCC(C)(C)C)c(C)c1. The van der Waals surface area contributed by atoms with Gasteiger partial charge in [-0.3, -0.25) is 9.79 Å². The number of hydrogen-bond acceptors (Lipinski definition) is 4. The van der Waals surface area contributed by atoms with Gasteiger partial charge >= 0.3 is 5.97 Å². The summed E-state index contributed by atoms with van der Waals surface area (Å²) in [5, 5.41) is 0. The minimum Gasteiger partial charge on any atom is -0.462 e. The van der Waals surface area contributed by atoms with Gasteiger partial charge in [-0.1, -0.05) is 26.8 Å². The summed E-state index contributed by atoms with van der Waals surface area (Å²) in [5.41, 5.74) is 2.55. The maximum Gasteiger partial charge on any atom is 0.338 e. The molecule has 0 bridgehead atoms. The fourth-order valence-corrected chi connectivity index (χ4v) is 2.01. The van der Waals surface area contributed by atoms with E-state index in [1.165, 1.54) is 0 Å². The van der Waals surface area contributed by atoms with Gasteiger partial charge in [0, 0.05) is 6.42 Å². The van der Waals surface area contributed by atoms with Crippen LogP contribution in [-0.2, 0) is 16.0 Å². The van der Waals surface area contributed by atoms with Crippen molar-refractivity contribution < 1.29 is 14.3 Å². The normalized spacial score (nSPS) is 11.7. The molecule has 1 rings (SSSR count). The highest BCUT2D eigenvalue weighted by atomic mass is 16.5. The summed E-state index contributed by atoms with van der Waals surface area (Å²) in [5.74, 6) is -0.262. The fourth-order valence-electron chi connectivity index (χ4n) is 2.01. The standard InChI is InChI=1S/C19H27NO3/c1-6-23-18(22)16-8-7-15(14(2)11-16)12-17(21)13-20-10-9-19(3,4)5/h7-8,10-11H,6,9,12-13H2,1-5H3. The second-order valence-corrected chi connectivity index (χ2v) is 6.87. The highest BCUT2D eigenvalue weighted by Crippen LogP contribution is 2.16. The lowest BCUT2D eigenvalue weighted by Gasteiger charge is -2.13. The van der Waals surface area contributed by atoms with Crippen LogP contribution in [0.15, 0.2) is 23.2 Å². The number of aryl methyl sites for hydroxylation is 1. The number of rotatable bonds is 7. The van der Waals surface area contributed by atoms with Gasteiger partial charge in [-0.25, -0.2) is 4.79 Å². The zero-order chi connectivity index (χ0) is 17.5. The molecule has 126 valence electrons. The molecular formula is C19H27NO3. The Morgan fingerprint density at radius 3 is 2.52 bits per heavy atom. The molecule has 0 fully saturated rings. The lowest BCUT2D eigenvalue weighted by molar-refractivity contribution is -0.117. The minimum absolute atomic E-state index is 0.0714. The van der Waals surface area contributed by atoms with Crippen LogP contribution in [0.3, 0.4) is 0 Å². The molecule has 0 saturated carbocycles. The molecule has 1 aromatic carbocycles. The quantitative estimate of drug-likeness (QED) is 0.568. The number of hydrogen-bond donors (Lipinski definition) is 0. The maximum absolute atomic E-state index is 12.0. The van der Waals surface area contributed by atoms with Crippen LogP contribution in [0, 0.1) is 12.3 Å². The van der Waals surface area contributed by atoms with E-state index in [-0.39, 0.29) is 23.7 Å². The number of ether oxygens (including phenoxy) is 1. The van der Waals surface area contributed by atoms with Crippen molar-refractivity contribution in [3.8, 4) is 0 Å². The summed E-state index contributed by atoms with van der Waals surface area (Å²) in [6.45, 7) is 10.6. The molecule has 0 aliphatic carbocycles. The van der Waals surface area contributed by atoms with Crippen molar-refractivity contribution in [1.82, 2.24) is 0 Å². The third kappa shape index (κ3) is 7.22. The number of aliphatic imine (C=N–C) groups is 1. The molecule has 4 heteroatoms. The van der Waals surface area contributed by atoms with Crippen molar-refractivity contribution in [2.45, 2.75) is 47.5 Å². The van der Waals surface area contributed by atoms with Crippen molar-refractivity contribution in [2.24, 2.45) is 10.4 Å². The average Bonchev–Trinajstić information content (AvgIpc) is 2.45. The first-order valence-electron chi connectivity index (χ1n) is 7.99. The number of nitrogens with zero attached hydrogens (tertiary/aromatic N) is 1. The molecule has 0 aliphatic heterocycles. The van der Waals surface area contributed by atoms with Crippen LogP contribution < -0.4 is 0 Å². The van der Waals surface area contributed by atoms with Crippen molar-refractivity contribution in [3.05, 3.63) is 34.9 Å². The van der Waals surface area contributed by atoms with E-state index in [2.05, 4.69) is 25.8 Å². The number of benzene rings is 1. The van der Waals surface area contributed by atoms with Crippen LogP contribution in [0.1, 0.15) is 55.6 Å². The molecule has 0 aromatic heterocycles. The second kappa shape index (κ2) is 8.61. The number of ketones is 1. The van der Waals surface area contributed by atoms with Crippen LogP contribution in [0.4, 0.5) is 0 Å². The molecule has 0 saturated heterocycles. The fraction of sp³-hybridized carbons (Fsp3) is 0.526. The zero-order valence-electron chi connectivity index (χ0n) is 14.8. The molecule has 0 aliphatic rings. The lowest BCUT2D eigenvalue weighted by Crippen LogP contribution is -2.10. The van der Waals surface area contributed by atoms with Crippen molar-refractivity contribution in [1.29, 1.82) is 0 Å². The molecule has 1 aromatic rings. The molecular weight excluding hydrogens is 290 g/mol. The van der Waals surface area contributed by atoms with Gasteiger partial charge in [-0.15, -0.1) is 0 Å². The second-order valence-electron chi connectivity index (χ2n) is 6.87. The Bertz CT molecular complexity index is 583. The highest BCUT2D eigenvalue weighted by molar-refractivity contribution is 5.90. The van der Waals surface area contributed by atoms with E-state index in [4.69, 9.17) is 4.74 Å². The van der Waals surface area contributed by atoms with Gasteiger partial charge in [0.05, 0.1) is 18.7 Å². The number of carbonyl (C=O) groups is 2. The summed E-state index contributed by atoms with van der Waals surface area (Å²) < 4.78 is 4.97. The summed E-state index contributed by atoms with van der Waals surface area (Å²) in [6.07, 6.45) is 3.02. The lowest BCUT2D eigenvalue weighted by atomic mass is 9.93. The minimum atomic E-state index is -0.333. The Kier molecular flexibility index (Phi) is 7.14. The van der Waals surface area contributed by atoms with E-state index < -0.39 is 0 Å². The molecule has 23 heavy (non-hydrogen) atoms. The summed E-state index contributed by atoms with van der Waals surface area (Å²) >= 11 is 0. The number of Topliss-reactive ketones (excluding diaryl/α,β-unsaturated/α-hetero) is 1. The zero-order valence-corrected chi connectivity index (χ0v) is 14.8. The maximum atomic E-state index is 12.0. The van der Waals surface area contributed by atoms with E-state index in [0.29, 0.717) is 18.6 Å². The van der Waals surface area contributed by atoms with Gasteiger partial charge in [0.2, 0.25) is 0 Å². The number of esters is 1. The van der Waals surface area contributed by atoms with Gasteiger partial charge in [0.1, 0.15) is 0 Å². The predicted octanol–water partition coefficient (Wildman–Crippen LogP) is 3.79. The molecule has 0 amide bonds. The highest BCUT2D eigenvalue weighted by Gasteiger charge is 2.11. The monoisotopic (exact) mass is 317 g/mol. The summed E-state index contributed by atoms with van der Waals surface area (Å²) in [4.78, 5) is 27.9. The van der Waals surface area contributed by atoms with Crippen LogP contribution >= 0.6 is 0 Å². The van der Waals surface area contributed by atoms with Crippen LogP contribution in [-0.4, -0.2) is 31.1 Å². The molecule has 0 atom stereocenters. The van der Waals surface area contributed by atoms with Gasteiger partial charge in [-0.05, 0) is 55.2 Å². The van der Waals surface area contributed by atoms with Crippen molar-refractivity contribution in [2.75, 3.05) is 13.2 Å². The molecule has 0 spiro atoms. The van der Waals surface area contributed by atoms with E-state index in [9.17, 15) is 9.59 Å². The Hall–Kier alpha value is -1.97. The van der Waals surface area contributed by atoms with Gasteiger partial charge in [0.15, 0.2) is 5.78 Å². The van der Waals surface area contributed by atoms with Crippen LogP contribution in [0.25, 0.3) is 0 Å². The first-order valence-corrected chi connectivity index (χ1v) is 7.99. The van der Waals surface area contributed by atoms with Crippen molar-refractivity contribution >= 4 is 18.0 Å². The Labute approximate surface area is 139 Å². The third-order valence-corrected chi connectivity index (χ3v) is 3.34.